The summed E-state index contributed by atoms with van der Waals surface area (Å²) in [5.74, 6) is -3.72. The number of alkyl halides is 3. The van der Waals surface area contributed by atoms with Crippen molar-refractivity contribution in [3.63, 3.8) is 0 Å². The summed E-state index contributed by atoms with van der Waals surface area (Å²) >= 11 is 0. The topological polar surface area (TPSA) is 43.4 Å². The molecule has 0 aromatic heterocycles. The first-order chi connectivity index (χ1) is 7.39. The lowest BCUT2D eigenvalue weighted by atomic mass is 10.2. The molecule has 0 aliphatic rings. The Kier molecular flexibility index (Phi) is 3.65. The lowest BCUT2D eigenvalue weighted by Gasteiger charge is -2.05. The van der Waals surface area contributed by atoms with Crippen molar-refractivity contribution in [2.24, 2.45) is 0 Å². The standard InChI is InChI=1S/C10H7F3O3/c11-10(12,13)9(15)16-8(14)6-7-4-2-1-3-5-7/h1-5H,6H2. The molecule has 0 aliphatic carbocycles. The van der Waals surface area contributed by atoms with Crippen molar-refractivity contribution in [3.8, 4) is 0 Å². The van der Waals surface area contributed by atoms with Crippen molar-refractivity contribution in [1.29, 1.82) is 0 Å². The first kappa shape index (κ1) is 12.2. The Balaban J connectivity index is 2.52. The summed E-state index contributed by atoms with van der Waals surface area (Å²) in [6, 6.07) is 8.01. The Bertz CT molecular complexity index is 384. The number of carbonyl (C=O) groups is 2. The van der Waals surface area contributed by atoms with Crippen LogP contribution < -0.4 is 0 Å². The van der Waals surface area contributed by atoms with Crippen LogP contribution in [-0.4, -0.2) is 18.1 Å². The molecule has 3 nitrogen and oxygen atoms in total. The van der Waals surface area contributed by atoms with Gasteiger partial charge in [-0.15, -0.1) is 0 Å². The van der Waals surface area contributed by atoms with E-state index in [-0.39, 0.29) is 6.42 Å². The Labute approximate surface area is 88.8 Å². The largest absolute Gasteiger partial charge is 0.491 e. The monoisotopic (exact) mass is 232 g/mol. The fraction of sp³-hybridized carbons (Fsp3) is 0.200. The smallest absolute Gasteiger partial charge is 0.386 e. The number of esters is 2. The van der Waals surface area contributed by atoms with Gasteiger partial charge in [0, 0.05) is 0 Å². The highest BCUT2D eigenvalue weighted by Crippen LogP contribution is 2.16. The van der Waals surface area contributed by atoms with E-state index in [1.54, 1.807) is 30.3 Å². The molecule has 0 unspecified atom stereocenters. The third-order valence-electron chi connectivity index (χ3n) is 1.63. The van der Waals surface area contributed by atoms with E-state index in [0.717, 1.165) is 0 Å². The molecule has 0 aliphatic heterocycles. The molecule has 0 saturated carbocycles. The van der Waals surface area contributed by atoms with Crippen LogP contribution in [0.15, 0.2) is 30.3 Å². The summed E-state index contributed by atoms with van der Waals surface area (Å²) < 4.78 is 38.8. The van der Waals surface area contributed by atoms with Crippen LogP contribution in [0.3, 0.4) is 0 Å². The predicted molar refractivity (Wildman–Crippen MR) is 47.3 cm³/mol. The second-order valence-electron chi connectivity index (χ2n) is 2.92. The highest BCUT2D eigenvalue weighted by molar-refractivity contribution is 5.89. The maximum Gasteiger partial charge on any atom is 0.491 e. The van der Waals surface area contributed by atoms with E-state index in [1.165, 1.54) is 0 Å². The number of benzene rings is 1. The van der Waals surface area contributed by atoms with Gasteiger partial charge in [-0.05, 0) is 5.56 Å². The van der Waals surface area contributed by atoms with Gasteiger partial charge in [0.15, 0.2) is 0 Å². The summed E-state index contributed by atoms with van der Waals surface area (Å²) in [6.45, 7) is 0. The van der Waals surface area contributed by atoms with Crippen LogP contribution >= 0.6 is 0 Å². The zero-order valence-electron chi connectivity index (χ0n) is 7.95. The molecule has 6 heteroatoms. The van der Waals surface area contributed by atoms with Crippen molar-refractivity contribution in [3.05, 3.63) is 35.9 Å². The van der Waals surface area contributed by atoms with Crippen molar-refractivity contribution < 1.29 is 27.5 Å². The number of rotatable bonds is 2. The molecule has 16 heavy (non-hydrogen) atoms. The van der Waals surface area contributed by atoms with Gasteiger partial charge >= 0.3 is 18.1 Å². The average molecular weight is 232 g/mol. The van der Waals surface area contributed by atoms with Gasteiger partial charge < -0.3 is 4.74 Å². The van der Waals surface area contributed by atoms with Crippen LogP contribution in [0.2, 0.25) is 0 Å². The SMILES string of the molecule is O=C(Cc1ccccc1)OC(=O)C(F)(F)F. The second kappa shape index (κ2) is 4.78. The highest BCUT2D eigenvalue weighted by Gasteiger charge is 2.42. The Hall–Kier alpha value is -1.85. The molecular weight excluding hydrogens is 225 g/mol. The van der Waals surface area contributed by atoms with Crippen LogP contribution in [0.1, 0.15) is 5.56 Å². The first-order valence-corrected chi connectivity index (χ1v) is 4.25. The zero-order valence-corrected chi connectivity index (χ0v) is 7.95. The molecule has 0 spiro atoms. The maximum absolute atomic E-state index is 11.7. The van der Waals surface area contributed by atoms with Crippen LogP contribution in [0, 0.1) is 0 Å². The molecule has 0 atom stereocenters. The summed E-state index contributed by atoms with van der Waals surface area (Å²) in [5, 5.41) is 0. The quantitative estimate of drug-likeness (QED) is 0.577. The number of hydrogen-bond acceptors (Lipinski definition) is 3. The minimum atomic E-state index is -5.15. The van der Waals surface area contributed by atoms with Crippen molar-refractivity contribution >= 4 is 11.9 Å². The van der Waals surface area contributed by atoms with Gasteiger partial charge in [0.1, 0.15) is 0 Å². The second-order valence-corrected chi connectivity index (χ2v) is 2.92. The van der Waals surface area contributed by atoms with Gasteiger partial charge in [-0.25, -0.2) is 4.79 Å². The van der Waals surface area contributed by atoms with E-state index in [1.807, 2.05) is 0 Å². The molecule has 1 aromatic carbocycles. The molecule has 0 fully saturated rings. The molecule has 1 aromatic rings. The van der Waals surface area contributed by atoms with E-state index in [9.17, 15) is 22.8 Å². The normalized spacial score (nSPS) is 10.9. The van der Waals surface area contributed by atoms with Gasteiger partial charge in [-0.3, -0.25) is 4.79 Å². The third-order valence-corrected chi connectivity index (χ3v) is 1.63. The third kappa shape index (κ3) is 3.72. The number of hydrogen-bond donors (Lipinski definition) is 0. The highest BCUT2D eigenvalue weighted by atomic mass is 19.4. The van der Waals surface area contributed by atoms with Crippen LogP contribution in [0.25, 0.3) is 0 Å². The summed E-state index contributed by atoms with van der Waals surface area (Å²) in [7, 11) is 0. The number of halogens is 3. The van der Waals surface area contributed by atoms with Crippen LogP contribution in [0.5, 0.6) is 0 Å². The van der Waals surface area contributed by atoms with E-state index in [0.29, 0.717) is 5.56 Å². The van der Waals surface area contributed by atoms with Gasteiger partial charge in [-0.2, -0.15) is 13.2 Å². The molecule has 86 valence electrons. The van der Waals surface area contributed by atoms with E-state index in [2.05, 4.69) is 4.74 Å². The molecule has 1 rings (SSSR count). The van der Waals surface area contributed by atoms with Gasteiger partial charge in [0.25, 0.3) is 0 Å². The summed E-state index contributed by atoms with van der Waals surface area (Å²) in [4.78, 5) is 21.2. The lowest BCUT2D eigenvalue weighted by Crippen LogP contribution is -2.28. The predicted octanol–water partition coefficient (Wildman–Crippen LogP) is 1.86. The Morgan fingerprint density at radius 2 is 1.69 bits per heavy atom. The molecule has 0 saturated heterocycles. The molecule has 0 bridgehead atoms. The molecule has 0 N–H and O–H groups in total. The fourth-order valence-corrected chi connectivity index (χ4v) is 0.960. The molecule has 0 radical (unpaired) electrons. The van der Waals surface area contributed by atoms with E-state index < -0.39 is 18.1 Å². The number of ether oxygens (including phenoxy) is 1. The summed E-state index contributed by atoms with van der Waals surface area (Å²) in [6.07, 6.45) is -5.52. The number of carbonyl (C=O) groups excluding carboxylic acids is 2. The minimum Gasteiger partial charge on any atom is -0.386 e. The Morgan fingerprint density at radius 3 is 2.19 bits per heavy atom. The maximum atomic E-state index is 11.7. The van der Waals surface area contributed by atoms with Crippen molar-refractivity contribution in [2.75, 3.05) is 0 Å². The van der Waals surface area contributed by atoms with Crippen molar-refractivity contribution in [1.82, 2.24) is 0 Å². The van der Waals surface area contributed by atoms with Crippen LogP contribution in [0.4, 0.5) is 13.2 Å². The van der Waals surface area contributed by atoms with Crippen molar-refractivity contribution in [2.45, 2.75) is 12.6 Å². The van der Waals surface area contributed by atoms with Crippen LogP contribution in [-0.2, 0) is 20.7 Å². The minimum absolute atomic E-state index is 0.372. The first-order valence-electron chi connectivity index (χ1n) is 4.25. The Morgan fingerprint density at radius 1 is 1.12 bits per heavy atom. The van der Waals surface area contributed by atoms with Gasteiger partial charge in [0.05, 0.1) is 6.42 Å². The average Bonchev–Trinajstić information content (AvgIpc) is 2.17. The fourth-order valence-electron chi connectivity index (χ4n) is 0.960. The zero-order chi connectivity index (χ0) is 12.2. The molecular formula is C10H7F3O3. The van der Waals surface area contributed by atoms with Gasteiger partial charge in [0.2, 0.25) is 0 Å². The van der Waals surface area contributed by atoms with E-state index >= 15 is 0 Å². The lowest BCUT2D eigenvalue weighted by molar-refractivity contribution is -0.201. The van der Waals surface area contributed by atoms with E-state index in [4.69, 9.17) is 0 Å². The molecule has 0 amide bonds. The summed E-state index contributed by atoms with van der Waals surface area (Å²) in [5.41, 5.74) is 0.475. The van der Waals surface area contributed by atoms with Gasteiger partial charge in [-0.1, -0.05) is 30.3 Å². The molecule has 0 heterocycles.